The average molecular weight is 209 g/mol. The Morgan fingerprint density at radius 1 is 1.40 bits per heavy atom. The molecule has 1 rings (SSSR count). The van der Waals surface area contributed by atoms with Crippen LogP contribution in [0.15, 0.2) is 11.6 Å². The highest BCUT2D eigenvalue weighted by Crippen LogP contribution is 2.22. The van der Waals surface area contributed by atoms with Gasteiger partial charge in [0, 0.05) is 0 Å². The lowest BCUT2D eigenvalue weighted by Gasteiger charge is -2.25. The Kier molecular flexibility index (Phi) is 4.52. The number of ketones is 1. The summed E-state index contributed by atoms with van der Waals surface area (Å²) in [5.74, 6) is 0.284. The first-order valence-electron chi connectivity index (χ1n) is 6.07. The fourth-order valence-corrected chi connectivity index (χ4v) is 2.14. The van der Waals surface area contributed by atoms with E-state index in [4.69, 9.17) is 0 Å². The number of hydrogen-bond acceptors (Lipinski definition) is 2. The zero-order valence-corrected chi connectivity index (χ0v) is 10.2. The zero-order chi connectivity index (χ0) is 11.3. The van der Waals surface area contributed by atoms with Crippen molar-refractivity contribution in [1.29, 1.82) is 0 Å². The third-order valence-electron chi connectivity index (χ3n) is 3.02. The minimum atomic E-state index is -0.398. The lowest BCUT2D eigenvalue weighted by molar-refractivity contribution is -0.120. The normalized spacial score (nSPS) is 18.2. The van der Waals surface area contributed by atoms with Crippen molar-refractivity contribution < 1.29 is 4.79 Å². The molecule has 1 aliphatic carbocycles. The van der Waals surface area contributed by atoms with E-state index >= 15 is 0 Å². The fraction of sp³-hybridized carbons (Fsp3) is 0.769. The van der Waals surface area contributed by atoms with Gasteiger partial charge in [-0.3, -0.25) is 4.79 Å². The van der Waals surface area contributed by atoms with Crippen molar-refractivity contribution in [1.82, 2.24) is 5.32 Å². The Hall–Kier alpha value is -0.630. The molecule has 2 heteroatoms. The maximum absolute atomic E-state index is 12.2. The van der Waals surface area contributed by atoms with Crippen LogP contribution in [0.1, 0.15) is 52.9 Å². The molecule has 0 spiro atoms. The van der Waals surface area contributed by atoms with Crippen LogP contribution >= 0.6 is 0 Å². The number of nitrogens with one attached hydrogen (secondary N) is 1. The molecule has 0 aromatic heterocycles. The Morgan fingerprint density at radius 3 is 2.80 bits per heavy atom. The van der Waals surface area contributed by atoms with E-state index < -0.39 is 5.54 Å². The highest BCUT2D eigenvalue weighted by Gasteiger charge is 2.28. The van der Waals surface area contributed by atoms with E-state index in [2.05, 4.69) is 11.4 Å². The summed E-state index contributed by atoms with van der Waals surface area (Å²) < 4.78 is 0. The van der Waals surface area contributed by atoms with Crippen LogP contribution in [0, 0.1) is 0 Å². The molecule has 0 atom stereocenters. The van der Waals surface area contributed by atoms with Gasteiger partial charge in [-0.25, -0.2) is 0 Å². The van der Waals surface area contributed by atoms with Gasteiger partial charge in [0.2, 0.25) is 0 Å². The van der Waals surface area contributed by atoms with Crippen molar-refractivity contribution in [3.05, 3.63) is 11.6 Å². The number of likely N-dealkylation sites (N-methyl/N-ethyl adjacent to an activating group) is 1. The highest BCUT2D eigenvalue weighted by molar-refractivity contribution is 6.02. The van der Waals surface area contributed by atoms with Crippen LogP contribution in [0.5, 0.6) is 0 Å². The molecule has 0 unspecified atom stereocenters. The molecule has 86 valence electrons. The predicted molar refractivity (Wildman–Crippen MR) is 63.9 cm³/mol. The Balaban J connectivity index is 2.69. The van der Waals surface area contributed by atoms with E-state index in [0.717, 1.165) is 25.0 Å². The maximum Gasteiger partial charge on any atom is 0.177 e. The second-order valence-electron chi connectivity index (χ2n) is 4.81. The Bertz CT molecular complexity index is 253. The van der Waals surface area contributed by atoms with Crippen LogP contribution in [0.2, 0.25) is 0 Å². The molecule has 0 heterocycles. The largest absolute Gasteiger partial charge is 0.305 e. The van der Waals surface area contributed by atoms with Gasteiger partial charge in [0.1, 0.15) is 0 Å². The van der Waals surface area contributed by atoms with Gasteiger partial charge in [-0.2, -0.15) is 0 Å². The second-order valence-corrected chi connectivity index (χ2v) is 4.81. The summed E-state index contributed by atoms with van der Waals surface area (Å²) in [7, 11) is 0. The van der Waals surface area contributed by atoms with Crippen molar-refractivity contribution >= 4 is 5.78 Å². The number of allylic oxidation sites excluding steroid dienone is 1. The lowest BCUT2D eigenvalue weighted by atomic mass is 9.90. The minimum Gasteiger partial charge on any atom is -0.305 e. The topological polar surface area (TPSA) is 29.1 Å². The first kappa shape index (κ1) is 12.4. The smallest absolute Gasteiger partial charge is 0.177 e. The minimum absolute atomic E-state index is 0.284. The van der Waals surface area contributed by atoms with Crippen molar-refractivity contribution in [3.63, 3.8) is 0 Å². The van der Waals surface area contributed by atoms with Crippen molar-refractivity contribution in [2.24, 2.45) is 0 Å². The first-order chi connectivity index (χ1) is 7.08. The monoisotopic (exact) mass is 209 g/mol. The SMILES string of the molecule is CCNC(C)(C)C(=O)C1=CCCCCC1. The van der Waals surface area contributed by atoms with Crippen molar-refractivity contribution in [2.75, 3.05) is 6.54 Å². The molecule has 1 aliphatic rings. The standard InChI is InChI=1S/C13H23NO/c1-4-14-13(2,3)12(15)11-9-7-5-6-8-10-11/h9,14H,4-8,10H2,1-3H3. The third kappa shape index (κ3) is 3.45. The number of rotatable bonds is 4. The number of hydrogen-bond donors (Lipinski definition) is 1. The molecule has 0 fully saturated rings. The van der Waals surface area contributed by atoms with Gasteiger partial charge in [0.25, 0.3) is 0 Å². The molecule has 0 amide bonds. The van der Waals surface area contributed by atoms with Crippen LogP contribution < -0.4 is 5.32 Å². The van der Waals surface area contributed by atoms with Crippen LogP contribution in [0.25, 0.3) is 0 Å². The summed E-state index contributed by atoms with van der Waals surface area (Å²) in [6.07, 6.45) is 7.85. The fourth-order valence-electron chi connectivity index (χ4n) is 2.14. The summed E-state index contributed by atoms with van der Waals surface area (Å²) in [5, 5.41) is 3.25. The number of Topliss-reactive ketones (excluding diaryl/α,β-unsaturated/α-hetero) is 1. The van der Waals surface area contributed by atoms with Crippen LogP contribution in [0.3, 0.4) is 0 Å². The molecular formula is C13H23NO. The second kappa shape index (κ2) is 5.45. The van der Waals surface area contributed by atoms with Gasteiger partial charge in [-0.1, -0.05) is 19.4 Å². The molecule has 15 heavy (non-hydrogen) atoms. The van der Waals surface area contributed by atoms with Crippen molar-refractivity contribution in [3.8, 4) is 0 Å². The summed E-state index contributed by atoms with van der Waals surface area (Å²) >= 11 is 0. The molecule has 0 aromatic carbocycles. The molecule has 2 nitrogen and oxygen atoms in total. The van der Waals surface area contributed by atoms with E-state index in [1.807, 2.05) is 20.8 Å². The molecular weight excluding hydrogens is 186 g/mol. The number of carbonyl (C=O) groups is 1. The van der Waals surface area contributed by atoms with Crippen LogP contribution in [-0.4, -0.2) is 17.9 Å². The summed E-state index contributed by atoms with van der Waals surface area (Å²) in [6.45, 7) is 6.83. The first-order valence-corrected chi connectivity index (χ1v) is 6.07. The Morgan fingerprint density at radius 2 is 2.13 bits per heavy atom. The van der Waals surface area contributed by atoms with Gasteiger partial charge >= 0.3 is 0 Å². The average Bonchev–Trinajstić information content (AvgIpc) is 2.44. The van der Waals surface area contributed by atoms with Crippen LogP contribution in [0.4, 0.5) is 0 Å². The zero-order valence-electron chi connectivity index (χ0n) is 10.2. The molecule has 0 bridgehead atoms. The molecule has 0 saturated heterocycles. The summed E-state index contributed by atoms with van der Waals surface area (Å²) in [5.41, 5.74) is 0.642. The van der Waals surface area contributed by atoms with Gasteiger partial charge in [0.05, 0.1) is 5.54 Å². The molecule has 0 aliphatic heterocycles. The summed E-state index contributed by atoms with van der Waals surface area (Å²) in [6, 6.07) is 0. The van der Waals surface area contributed by atoms with E-state index in [9.17, 15) is 4.79 Å². The van der Waals surface area contributed by atoms with Gasteiger partial charge in [-0.05, 0) is 51.6 Å². The summed E-state index contributed by atoms with van der Waals surface area (Å²) in [4.78, 5) is 12.2. The highest BCUT2D eigenvalue weighted by atomic mass is 16.1. The van der Waals surface area contributed by atoms with E-state index in [1.54, 1.807) is 0 Å². The molecule has 0 saturated carbocycles. The van der Waals surface area contributed by atoms with Gasteiger partial charge < -0.3 is 5.32 Å². The van der Waals surface area contributed by atoms with E-state index in [-0.39, 0.29) is 5.78 Å². The van der Waals surface area contributed by atoms with Crippen LogP contribution in [-0.2, 0) is 4.79 Å². The lowest BCUT2D eigenvalue weighted by Crippen LogP contribution is -2.47. The maximum atomic E-state index is 12.2. The van der Waals surface area contributed by atoms with Gasteiger partial charge in [0.15, 0.2) is 5.78 Å². The van der Waals surface area contributed by atoms with E-state index in [1.165, 1.54) is 19.3 Å². The molecule has 1 N–H and O–H groups in total. The number of carbonyl (C=O) groups excluding carboxylic acids is 1. The van der Waals surface area contributed by atoms with Crippen molar-refractivity contribution in [2.45, 2.75) is 58.4 Å². The molecule has 0 radical (unpaired) electrons. The Labute approximate surface area is 93.1 Å². The van der Waals surface area contributed by atoms with E-state index in [0.29, 0.717) is 0 Å². The predicted octanol–water partition coefficient (Wildman–Crippen LogP) is 2.83. The molecule has 0 aromatic rings. The quantitative estimate of drug-likeness (QED) is 0.771. The third-order valence-corrected chi connectivity index (χ3v) is 3.02. The van der Waals surface area contributed by atoms with Gasteiger partial charge in [-0.15, -0.1) is 0 Å².